The van der Waals surface area contributed by atoms with Crippen molar-refractivity contribution >= 4 is 0 Å². The van der Waals surface area contributed by atoms with Crippen LogP contribution in [0.5, 0.6) is 17.2 Å². The molecule has 0 aliphatic carbocycles. The molecule has 3 N–H and O–H groups in total. The molecule has 8 heteroatoms. The number of hydrogen-bond donors (Lipinski definition) is 2. The summed E-state index contributed by atoms with van der Waals surface area (Å²) in [6, 6.07) is 8.27. The molecule has 0 bridgehead atoms. The predicted octanol–water partition coefficient (Wildman–Crippen LogP) is 2.15. The van der Waals surface area contributed by atoms with Gasteiger partial charge in [-0.1, -0.05) is 0 Å². The molecule has 146 valence electrons. The molecule has 0 saturated carbocycles. The van der Waals surface area contributed by atoms with Crippen LogP contribution in [0.2, 0.25) is 0 Å². The monoisotopic (exact) mass is 384 g/mol. The van der Waals surface area contributed by atoms with Crippen molar-refractivity contribution < 1.29 is 23.7 Å². The highest BCUT2D eigenvalue weighted by atomic mass is 16.5. The molecular formula is C20H20N2O6. The Morgan fingerprint density at radius 2 is 2.11 bits per heavy atom. The van der Waals surface area contributed by atoms with Gasteiger partial charge in [0.15, 0.2) is 5.76 Å². The van der Waals surface area contributed by atoms with Crippen molar-refractivity contribution in [3.8, 4) is 23.3 Å². The molecule has 1 aliphatic rings. The number of hydrogen-bond acceptors (Lipinski definition) is 8. The molecule has 1 atom stereocenters. The van der Waals surface area contributed by atoms with E-state index in [1.54, 1.807) is 18.2 Å². The third-order valence-electron chi connectivity index (χ3n) is 4.18. The molecule has 1 aromatic carbocycles. The highest BCUT2D eigenvalue weighted by molar-refractivity contribution is 5.57. The van der Waals surface area contributed by atoms with Crippen molar-refractivity contribution in [3.05, 3.63) is 63.0 Å². The molecule has 2 aromatic rings. The second kappa shape index (κ2) is 7.66. The molecule has 3 rings (SSSR count). The Bertz CT molecular complexity index is 1030. The van der Waals surface area contributed by atoms with Gasteiger partial charge in [0, 0.05) is 11.6 Å². The number of fused-ring (bicyclic) bond motifs is 1. The SMILES string of the molecule is COc1ccc(OC(C)C)c([C@H]2C(C#N)=C(N)Oc3c2oc(CO)cc3=O)c1. The van der Waals surface area contributed by atoms with Gasteiger partial charge < -0.3 is 29.5 Å². The van der Waals surface area contributed by atoms with Crippen molar-refractivity contribution in [2.45, 2.75) is 32.5 Å². The maximum atomic E-state index is 12.4. The van der Waals surface area contributed by atoms with Crippen LogP contribution in [-0.4, -0.2) is 18.3 Å². The van der Waals surface area contributed by atoms with Crippen molar-refractivity contribution in [2.24, 2.45) is 5.73 Å². The first-order valence-corrected chi connectivity index (χ1v) is 8.59. The lowest BCUT2D eigenvalue weighted by Crippen LogP contribution is -2.26. The third kappa shape index (κ3) is 3.40. The minimum atomic E-state index is -0.864. The number of nitrogens with zero attached hydrogens (tertiary/aromatic N) is 1. The Hall–Kier alpha value is -3.44. The minimum absolute atomic E-state index is 0.0457. The Labute approximate surface area is 161 Å². The summed E-state index contributed by atoms with van der Waals surface area (Å²) in [7, 11) is 1.51. The van der Waals surface area contributed by atoms with Gasteiger partial charge in [-0.3, -0.25) is 4.79 Å². The summed E-state index contributed by atoms with van der Waals surface area (Å²) in [6.45, 7) is 3.25. The average molecular weight is 384 g/mol. The van der Waals surface area contributed by atoms with Crippen LogP contribution in [0.4, 0.5) is 0 Å². The Balaban J connectivity index is 2.33. The number of nitriles is 1. The van der Waals surface area contributed by atoms with E-state index in [-0.39, 0.29) is 34.8 Å². The number of nitrogens with two attached hydrogens (primary N) is 1. The van der Waals surface area contributed by atoms with Crippen LogP contribution in [0.1, 0.15) is 36.8 Å². The first-order chi connectivity index (χ1) is 13.4. The summed E-state index contributed by atoms with van der Waals surface area (Å²) in [4.78, 5) is 12.4. The molecule has 0 radical (unpaired) electrons. The second-order valence-corrected chi connectivity index (χ2v) is 6.42. The molecule has 0 spiro atoms. The van der Waals surface area contributed by atoms with Crippen LogP contribution in [-0.2, 0) is 6.61 Å². The summed E-state index contributed by atoms with van der Waals surface area (Å²) < 4.78 is 22.3. The Kier molecular flexibility index (Phi) is 5.29. The van der Waals surface area contributed by atoms with E-state index in [2.05, 4.69) is 0 Å². The normalized spacial score (nSPS) is 15.6. The van der Waals surface area contributed by atoms with Crippen LogP contribution in [0, 0.1) is 11.3 Å². The number of ether oxygens (including phenoxy) is 3. The van der Waals surface area contributed by atoms with Crippen molar-refractivity contribution in [2.75, 3.05) is 7.11 Å². The van der Waals surface area contributed by atoms with Crippen molar-refractivity contribution in [1.29, 1.82) is 5.26 Å². The fourth-order valence-corrected chi connectivity index (χ4v) is 3.01. The lowest BCUT2D eigenvalue weighted by Gasteiger charge is -2.27. The highest BCUT2D eigenvalue weighted by Crippen LogP contribution is 2.45. The highest BCUT2D eigenvalue weighted by Gasteiger charge is 2.37. The number of aliphatic hydroxyl groups is 1. The van der Waals surface area contributed by atoms with Crippen LogP contribution in [0.25, 0.3) is 0 Å². The van der Waals surface area contributed by atoms with Gasteiger partial charge in [0.05, 0.1) is 19.1 Å². The predicted molar refractivity (Wildman–Crippen MR) is 99.0 cm³/mol. The van der Waals surface area contributed by atoms with Crippen LogP contribution in [0.15, 0.2) is 44.9 Å². The third-order valence-corrected chi connectivity index (χ3v) is 4.18. The lowest BCUT2D eigenvalue weighted by atomic mass is 9.86. The zero-order valence-corrected chi connectivity index (χ0v) is 15.7. The van der Waals surface area contributed by atoms with E-state index in [0.717, 1.165) is 6.07 Å². The van der Waals surface area contributed by atoms with Crippen LogP contribution >= 0.6 is 0 Å². The van der Waals surface area contributed by atoms with Crippen LogP contribution in [0.3, 0.4) is 0 Å². The number of allylic oxidation sites excluding steroid dienone is 1. The molecule has 28 heavy (non-hydrogen) atoms. The Morgan fingerprint density at radius 3 is 2.71 bits per heavy atom. The second-order valence-electron chi connectivity index (χ2n) is 6.42. The summed E-state index contributed by atoms with van der Waals surface area (Å²) in [6.07, 6.45) is -0.144. The van der Waals surface area contributed by atoms with E-state index in [1.165, 1.54) is 7.11 Å². The summed E-state index contributed by atoms with van der Waals surface area (Å²) in [5, 5.41) is 19.1. The van der Waals surface area contributed by atoms with E-state index in [1.807, 2.05) is 19.9 Å². The van der Waals surface area contributed by atoms with E-state index < -0.39 is 18.0 Å². The molecule has 2 heterocycles. The van der Waals surface area contributed by atoms with E-state index in [9.17, 15) is 15.2 Å². The molecule has 1 aromatic heterocycles. The average Bonchev–Trinajstić information content (AvgIpc) is 2.67. The largest absolute Gasteiger partial charge is 0.497 e. The van der Waals surface area contributed by atoms with Crippen LogP contribution < -0.4 is 25.4 Å². The van der Waals surface area contributed by atoms with Gasteiger partial charge in [0.1, 0.15) is 35.5 Å². The van der Waals surface area contributed by atoms with Gasteiger partial charge in [-0.2, -0.15) is 5.26 Å². The maximum Gasteiger partial charge on any atom is 0.228 e. The number of benzene rings is 1. The first-order valence-electron chi connectivity index (χ1n) is 8.59. The zero-order chi connectivity index (χ0) is 20.4. The maximum absolute atomic E-state index is 12.4. The summed E-state index contributed by atoms with van der Waals surface area (Å²) in [5.41, 5.74) is 6.00. The molecule has 0 amide bonds. The van der Waals surface area contributed by atoms with Gasteiger partial charge in [-0.05, 0) is 32.0 Å². The molecular weight excluding hydrogens is 364 g/mol. The fourth-order valence-electron chi connectivity index (χ4n) is 3.01. The quantitative estimate of drug-likeness (QED) is 0.802. The van der Waals surface area contributed by atoms with Gasteiger partial charge in [-0.25, -0.2) is 0 Å². The number of methoxy groups -OCH3 is 1. The van der Waals surface area contributed by atoms with Gasteiger partial charge in [-0.15, -0.1) is 0 Å². The summed E-state index contributed by atoms with van der Waals surface area (Å²) >= 11 is 0. The van der Waals surface area contributed by atoms with Crippen molar-refractivity contribution in [3.63, 3.8) is 0 Å². The van der Waals surface area contributed by atoms with E-state index in [4.69, 9.17) is 24.4 Å². The minimum Gasteiger partial charge on any atom is -0.497 e. The smallest absolute Gasteiger partial charge is 0.228 e. The number of rotatable bonds is 5. The first kappa shape index (κ1) is 19.3. The fraction of sp³-hybridized carbons (Fsp3) is 0.300. The van der Waals surface area contributed by atoms with Gasteiger partial charge in [0.25, 0.3) is 0 Å². The lowest BCUT2D eigenvalue weighted by molar-refractivity contribution is 0.228. The van der Waals surface area contributed by atoms with E-state index in [0.29, 0.717) is 17.1 Å². The molecule has 0 unspecified atom stereocenters. The molecule has 8 nitrogen and oxygen atoms in total. The number of aliphatic hydroxyl groups excluding tert-OH is 1. The van der Waals surface area contributed by atoms with Crippen molar-refractivity contribution in [1.82, 2.24) is 0 Å². The summed E-state index contributed by atoms with van der Waals surface area (Å²) in [5.74, 6) is -0.0633. The molecule has 0 fully saturated rings. The van der Waals surface area contributed by atoms with Gasteiger partial charge in [0.2, 0.25) is 17.1 Å². The Morgan fingerprint density at radius 1 is 1.36 bits per heavy atom. The molecule has 0 saturated heterocycles. The topological polar surface area (TPSA) is 128 Å². The molecule has 1 aliphatic heterocycles. The zero-order valence-electron chi connectivity index (χ0n) is 15.7. The standard InChI is InChI=1S/C20H20N2O6/c1-10(2)26-16-5-4-11(25-3)6-13(16)17-14(8-21)20(22)28-18-15(24)7-12(9-23)27-19(17)18/h4-7,10,17,23H,9,22H2,1-3H3/t17-/m0/s1. The van der Waals surface area contributed by atoms with Gasteiger partial charge >= 0.3 is 0 Å². The van der Waals surface area contributed by atoms with E-state index >= 15 is 0 Å².